The first-order valence-electron chi connectivity index (χ1n) is 12.3. The summed E-state index contributed by atoms with van der Waals surface area (Å²) in [5.74, 6) is 1.77. The van der Waals surface area contributed by atoms with Crippen molar-refractivity contribution in [1.82, 2.24) is 9.80 Å². The summed E-state index contributed by atoms with van der Waals surface area (Å²) in [5, 5.41) is 0.406. The lowest BCUT2D eigenvalue weighted by atomic mass is 9.77. The lowest BCUT2D eigenvalue weighted by Gasteiger charge is -2.39. The van der Waals surface area contributed by atoms with Crippen LogP contribution in [-0.2, 0) is 4.79 Å². The smallest absolute Gasteiger partial charge is 0.253 e. The van der Waals surface area contributed by atoms with Gasteiger partial charge in [0.2, 0.25) is 5.91 Å². The first kappa shape index (κ1) is 25.9. The molecule has 2 aliphatic rings. The summed E-state index contributed by atoms with van der Waals surface area (Å²) >= 11 is 6.44. The van der Waals surface area contributed by atoms with Gasteiger partial charge in [-0.1, -0.05) is 11.6 Å². The van der Waals surface area contributed by atoms with E-state index in [0.717, 1.165) is 31.6 Å². The van der Waals surface area contributed by atoms with E-state index in [9.17, 15) is 9.59 Å². The summed E-state index contributed by atoms with van der Waals surface area (Å²) in [6.45, 7) is 5.36. The molecule has 0 aromatic heterocycles. The minimum atomic E-state index is -0.0365. The van der Waals surface area contributed by atoms with Crippen LogP contribution in [0.3, 0.4) is 0 Å². The molecule has 2 saturated heterocycles. The van der Waals surface area contributed by atoms with Crippen molar-refractivity contribution in [1.29, 1.82) is 0 Å². The molecule has 7 nitrogen and oxygen atoms in total. The lowest BCUT2D eigenvalue weighted by molar-refractivity contribution is -0.125. The number of halogens is 1. The molecule has 0 bridgehead atoms. The molecule has 2 aromatic carbocycles. The molecule has 2 aliphatic heterocycles. The number of hydrogen-bond donors (Lipinski definition) is 0. The second-order valence-corrected chi connectivity index (χ2v) is 9.67. The molecule has 2 aromatic rings. The molecule has 8 heteroatoms. The third-order valence-corrected chi connectivity index (χ3v) is 7.58. The summed E-state index contributed by atoms with van der Waals surface area (Å²) in [6.07, 6.45) is 6.02. The fourth-order valence-electron chi connectivity index (χ4n) is 5.06. The fourth-order valence-corrected chi connectivity index (χ4v) is 5.35. The van der Waals surface area contributed by atoms with Gasteiger partial charge in [-0.05, 0) is 79.6 Å². The number of ether oxygens (including phenoxy) is 3. The van der Waals surface area contributed by atoms with Crippen molar-refractivity contribution in [3.05, 3.63) is 58.6 Å². The van der Waals surface area contributed by atoms with E-state index in [1.54, 1.807) is 31.4 Å². The Hall–Kier alpha value is -3.19. The van der Waals surface area contributed by atoms with Gasteiger partial charge in [0.1, 0.15) is 5.75 Å². The first-order chi connectivity index (χ1) is 17.4. The van der Waals surface area contributed by atoms with Gasteiger partial charge in [-0.3, -0.25) is 9.59 Å². The van der Waals surface area contributed by atoms with Gasteiger partial charge in [0, 0.05) is 37.8 Å². The number of benzene rings is 2. The maximum absolute atomic E-state index is 13.0. The van der Waals surface area contributed by atoms with Crippen LogP contribution in [-0.4, -0.2) is 68.6 Å². The second-order valence-electron chi connectivity index (χ2n) is 9.30. The molecule has 192 valence electrons. The van der Waals surface area contributed by atoms with Crippen molar-refractivity contribution >= 4 is 29.5 Å². The van der Waals surface area contributed by atoms with Crippen molar-refractivity contribution in [2.45, 2.75) is 26.2 Å². The molecule has 0 radical (unpaired) electrons. The first-order valence-corrected chi connectivity index (χ1v) is 12.7. The highest BCUT2D eigenvalue weighted by Gasteiger charge is 2.42. The van der Waals surface area contributed by atoms with Crippen molar-refractivity contribution in [3.8, 4) is 17.2 Å². The van der Waals surface area contributed by atoms with Crippen molar-refractivity contribution in [3.63, 3.8) is 0 Å². The maximum Gasteiger partial charge on any atom is 0.253 e. The Morgan fingerprint density at radius 2 is 1.64 bits per heavy atom. The standard InChI is InChI=1S/C28H33ClN2O5/c1-4-36-22-9-5-21(6-10-22)27(33)30-16-13-28(14-17-30)15-18-31(19-28)24(32)12-8-20-7-11-23(34-2)26(35-3)25(20)29/h5-12H,4,13-19H2,1-3H3. The summed E-state index contributed by atoms with van der Waals surface area (Å²) in [7, 11) is 3.08. The highest BCUT2D eigenvalue weighted by molar-refractivity contribution is 6.33. The Labute approximate surface area is 217 Å². The van der Waals surface area contributed by atoms with E-state index < -0.39 is 0 Å². The molecule has 2 amide bonds. The molecule has 0 atom stereocenters. The van der Waals surface area contributed by atoms with E-state index in [4.69, 9.17) is 25.8 Å². The van der Waals surface area contributed by atoms with Crippen LogP contribution in [0.5, 0.6) is 17.2 Å². The summed E-state index contributed by atoms with van der Waals surface area (Å²) in [4.78, 5) is 29.7. The SMILES string of the molecule is CCOc1ccc(C(=O)N2CCC3(CCN(C(=O)C=Cc4ccc(OC)c(OC)c4Cl)C3)CC2)cc1. The van der Waals surface area contributed by atoms with E-state index >= 15 is 0 Å². The predicted octanol–water partition coefficient (Wildman–Crippen LogP) is 4.92. The van der Waals surface area contributed by atoms with Crippen molar-refractivity contribution in [2.24, 2.45) is 5.41 Å². The Bertz CT molecular complexity index is 1120. The number of methoxy groups -OCH3 is 2. The Kier molecular flexibility index (Phi) is 8.09. The number of carbonyl (C=O) groups is 2. The third-order valence-electron chi connectivity index (χ3n) is 7.19. The van der Waals surface area contributed by atoms with E-state index in [-0.39, 0.29) is 17.2 Å². The van der Waals surface area contributed by atoms with Crippen LogP contribution >= 0.6 is 11.6 Å². The van der Waals surface area contributed by atoms with E-state index in [1.165, 1.54) is 7.11 Å². The van der Waals surface area contributed by atoms with Gasteiger partial charge >= 0.3 is 0 Å². The number of carbonyl (C=O) groups excluding carboxylic acids is 2. The molecular weight excluding hydrogens is 480 g/mol. The number of piperidine rings is 1. The summed E-state index contributed by atoms with van der Waals surface area (Å²) < 4.78 is 16.1. The number of hydrogen-bond acceptors (Lipinski definition) is 5. The Morgan fingerprint density at radius 1 is 0.972 bits per heavy atom. The minimum Gasteiger partial charge on any atom is -0.494 e. The number of likely N-dealkylation sites (tertiary alicyclic amines) is 2. The van der Waals surface area contributed by atoms with Crippen LogP contribution in [0.4, 0.5) is 0 Å². The topological polar surface area (TPSA) is 68.3 Å². The lowest BCUT2D eigenvalue weighted by Crippen LogP contribution is -2.44. The molecule has 0 aliphatic carbocycles. The van der Waals surface area contributed by atoms with Gasteiger partial charge in [0.05, 0.1) is 25.8 Å². The van der Waals surface area contributed by atoms with Gasteiger partial charge < -0.3 is 24.0 Å². The number of nitrogens with zero attached hydrogens (tertiary/aromatic N) is 2. The maximum atomic E-state index is 13.0. The van der Waals surface area contributed by atoms with Gasteiger partial charge in [-0.2, -0.15) is 0 Å². The van der Waals surface area contributed by atoms with Gasteiger partial charge in [-0.15, -0.1) is 0 Å². The molecule has 0 N–H and O–H groups in total. The number of rotatable bonds is 7. The summed E-state index contributed by atoms with van der Waals surface area (Å²) in [5.41, 5.74) is 1.44. The van der Waals surface area contributed by atoms with Gasteiger partial charge in [0.15, 0.2) is 11.5 Å². The quantitative estimate of drug-likeness (QED) is 0.492. The molecule has 1 spiro atoms. The fraction of sp³-hybridized carbons (Fsp3) is 0.429. The van der Waals surface area contributed by atoms with Crippen LogP contribution < -0.4 is 14.2 Å². The molecule has 0 saturated carbocycles. The van der Waals surface area contributed by atoms with Crippen LogP contribution in [0.1, 0.15) is 42.1 Å². The van der Waals surface area contributed by atoms with Crippen molar-refractivity contribution in [2.75, 3.05) is 47.0 Å². The molecule has 4 rings (SSSR count). The molecular formula is C28H33ClN2O5. The highest BCUT2D eigenvalue weighted by Crippen LogP contribution is 2.41. The zero-order chi connectivity index (χ0) is 25.7. The van der Waals surface area contributed by atoms with E-state index in [0.29, 0.717) is 53.9 Å². The summed E-state index contributed by atoms with van der Waals surface area (Å²) in [6, 6.07) is 10.9. The van der Waals surface area contributed by atoms with Crippen molar-refractivity contribution < 1.29 is 23.8 Å². The van der Waals surface area contributed by atoms with Crippen LogP contribution in [0.15, 0.2) is 42.5 Å². The Balaban J connectivity index is 1.33. The highest BCUT2D eigenvalue weighted by atomic mass is 35.5. The van der Waals surface area contributed by atoms with Crippen LogP contribution in [0.2, 0.25) is 5.02 Å². The zero-order valence-corrected chi connectivity index (χ0v) is 21.8. The number of amides is 2. The molecule has 2 fully saturated rings. The average molecular weight is 513 g/mol. The van der Waals surface area contributed by atoms with Crippen LogP contribution in [0.25, 0.3) is 6.08 Å². The molecule has 36 heavy (non-hydrogen) atoms. The van der Waals surface area contributed by atoms with E-state index in [2.05, 4.69) is 0 Å². The minimum absolute atomic E-state index is 0.0365. The second kappa shape index (κ2) is 11.2. The van der Waals surface area contributed by atoms with E-state index in [1.807, 2.05) is 41.0 Å². The van der Waals surface area contributed by atoms with Gasteiger partial charge in [-0.25, -0.2) is 0 Å². The predicted molar refractivity (Wildman–Crippen MR) is 140 cm³/mol. The Morgan fingerprint density at radius 3 is 2.25 bits per heavy atom. The molecule has 0 unspecified atom stereocenters. The largest absolute Gasteiger partial charge is 0.494 e. The third kappa shape index (κ3) is 5.46. The monoisotopic (exact) mass is 512 g/mol. The normalized spacial score (nSPS) is 17.0. The zero-order valence-electron chi connectivity index (χ0n) is 21.1. The molecule has 2 heterocycles. The van der Waals surface area contributed by atoms with Crippen LogP contribution in [0, 0.1) is 5.41 Å². The average Bonchev–Trinajstić information content (AvgIpc) is 3.31. The van der Waals surface area contributed by atoms with Gasteiger partial charge in [0.25, 0.3) is 5.91 Å².